The maximum absolute atomic E-state index is 11.4. The van der Waals surface area contributed by atoms with E-state index in [2.05, 4.69) is 0 Å². The summed E-state index contributed by atoms with van der Waals surface area (Å²) in [5, 5.41) is 9.82. The van der Waals surface area contributed by atoms with E-state index in [9.17, 15) is 9.90 Å². The second-order valence-corrected chi connectivity index (χ2v) is 3.88. The van der Waals surface area contributed by atoms with Crippen molar-refractivity contribution in [3.63, 3.8) is 0 Å². The highest BCUT2D eigenvalue weighted by Gasteiger charge is 2.40. The number of aryl methyl sites for hydroxylation is 2. The van der Waals surface area contributed by atoms with E-state index in [1.165, 1.54) is 6.92 Å². The van der Waals surface area contributed by atoms with Crippen LogP contribution in [0.15, 0.2) is 12.1 Å². The predicted molar refractivity (Wildman–Crippen MR) is 50.9 cm³/mol. The molecule has 0 saturated heterocycles. The van der Waals surface area contributed by atoms with Crippen LogP contribution in [-0.4, -0.2) is 11.1 Å². The van der Waals surface area contributed by atoms with E-state index in [-0.39, 0.29) is 0 Å². The molecule has 1 N–H and O–H groups in total. The van der Waals surface area contributed by atoms with Crippen molar-refractivity contribution < 1.29 is 14.6 Å². The fraction of sp³-hybridized carbons (Fsp3) is 0.364. The Kier molecular flexibility index (Phi) is 1.70. The van der Waals surface area contributed by atoms with Gasteiger partial charge in [0.15, 0.2) is 0 Å². The zero-order chi connectivity index (χ0) is 10.5. The van der Waals surface area contributed by atoms with Gasteiger partial charge in [-0.25, -0.2) is 4.79 Å². The third-order valence-corrected chi connectivity index (χ3v) is 2.48. The molecule has 1 aliphatic rings. The maximum Gasteiger partial charge on any atom is 0.341 e. The summed E-state index contributed by atoms with van der Waals surface area (Å²) in [7, 11) is 0. The normalized spacial score (nSPS) is 24.7. The number of fused-ring (bicyclic) bond motifs is 1. The van der Waals surface area contributed by atoms with Crippen LogP contribution in [0.4, 0.5) is 0 Å². The number of cyclic esters (lactones) is 1. The first kappa shape index (κ1) is 9.21. The quantitative estimate of drug-likeness (QED) is 0.635. The van der Waals surface area contributed by atoms with E-state index in [1.54, 1.807) is 6.07 Å². The molecule has 0 aromatic heterocycles. The van der Waals surface area contributed by atoms with Crippen molar-refractivity contribution in [1.82, 2.24) is 0 Å². The lowest BCUT2D eigenvalue weighted by Gasteiger charge is -2.16. The number of hydrogen-bond acceptors (Lipinski definition) is 3. The highest BCUT2D eigenvalue weighted by atomic mass is 16.7. The first-order valence-corrected chi connectivity index (χ1v) is 4.49. The van der Waals surface area contributed by atoms with E-state index in [1.807, 2.05) is 19.9 Å². The van der Waals surface area contributed by atoms with Gasteiger partial charge in [-0.15, -0.1) is 0 Å². The number of benzene rings is 1. The van der Waals surface area contributed by atoms with Crippen LogP contribution in [0.3, 0.4) is 0 Å². The minimum atomic E-state index is -1.47. The molecule has 0 aliphatic carbocycles. The van der Waals surface area contributed by atoms with Crippen molar-refractivity contribution in [3.8, 4) is 0 Å². The summed E-state index contributed by atoms with van der Waals surface area (Å²) in [5.41, 5.74) is 2.93. The zero-order valence-corrected chi connectivity index (χ0v) is 8.42. The van der Waals surface area contributed by atoms with Crippen LogP contribution in [0.1, 0.15) is 34.0 Å². The van der Waals surface area contributed by atoms with Gasteiger partial charge in [-0.3, -0.25) is 0 Å². The summed E-state index contributed by atoms with van der Waals surface area (Å²) >= 11 is 0. The molecule has 1 unspecified atom stereocenters. The lowest BCUT2D eigenvalue weighted by molar-refractivity contribution is -0.147. The van der Waals surface area contributed by atoms with Gasteiger partial charge < -0.3 is 9.84 Å². The second-order valence-electron chi connectivity index (χ2n) is 3.88. The van der Waals surface area contributed by atoms with Gasteiger partial charge in [-0.2, -0.15) is 0 Å². The van der Waals surface area contributed by atoms with E-state index < -0.39 is 11.8 Å². The monoisotopic (exact) mass is 192 g/mol. The first-order valence-electron chi connectivity index (χ1n) is 4.49. The molecule has 0 fully saturated rings. The van der Waals surface area contributed by atoms with Crippen LogP contribution in [-0.2, 0) is 10.5 Å². The molecule has 1 heterocycles. The summed E-state index contributed by atoms with van der Waals surface area (Å²) in [6.45, 7) is 5.25. The van der Waals surface area contributed by atoms with E-state index in [4.69, 9.17) is 4.74 Å². The largest absolute Gasteiger partial charge is 0.425 e. The van der Waals surface area contributed by atoms with Crippen molar-refractivity contribution in [2.45, 2.75) is 26.6 Å². The second kappa shape index (κ2) is 2.58. The Hall–Kier alpha value is -1.35. The number of esters is 1. The van der Waals surface area contributed by atoms with E-state index in [0.717, 1.165) is 11.1 Å². The Bertz CT molecular complexity index is 419. The lowest BCUT2D eigenvalue weighted by Crippen LogP contribution is -2.20. The number of carbonyl (C=O) groups is 1. The smallest absolute Gasteiger partial charge is 0.341 e. The highest BCUT2D eigenvalue weighted by molar-refractivity contribution is 5.96. The molecule has 1 aromatic carbocycles. The molecule has 2 rings (SSSR count). The molecule has 0 bridgehead atoms. The third-order valence-electron chi connectivity index (χ3n) is 2.48. The minimum absolute atomic E-state index is 0.442. The van der Waals surface area contributed by atoms with Gasteiger partial charge in [-0.05, 0) is 25.5 Å². The Labute approximate surface area is 82.3 Å². The molecule has 1 aliphatic heterocycles. The number of ether oxygens (including phenoxy) is 1. The predicted octanol–water partition coefficient (Wildman–Crippen LogP) is 1.64. The fourth-order valence-corrected chi connectivity index (χ4v) is 1.89. The topological polar surface area (TPSA) is 46.5 Å². The molecular weight excluding hydrogens is 180 g/mol. The van der Waals surface area contributed by atoms with Gasteiger partial charge in [-0.1, -0.05) is 11.6 Å². The Morgan fingerprint density at radius 2 is 2.00 bits per heavy atom. The lowest BCUT2D eigenvalue weighted by atomic mass is 9.96. The van der Waals surface area contributed by atoms with E-state index in [0.29, 0.717) is 11.1 Å². The molecule has 0 saturated carbocycles. The third kappa shape index (κ3) is 1.13. The Balaban J connectivity index is 2.75. The van der Waals surface area contributed by atoms with E-state index >= 15 is 0 Å². The average Bonchev–Trinajstić information content (AvgIpc) is 2.21. The van der Waals surface area contributed by atoms with Crippen molar-refractivity contribution in [3.05, 3.63) is 34.4 Å². The van der Waals surface area contributed by atoms with Gasteiger partial charge >= 0.3 is 5.97 Å². The van der Waals surface area contributed by atoms with Gasteiger partial charge in [0.1, 0.15) is 0 Å². The molecule has 74 valence electrons. The summed E-state index contributed by atoms with van der Waals surface area (Å²) in [6, 6.07) is 3.69. The summed E-state index contributed by atoms with van der Waals surface area (Å²) in [4.78, 5) is 11.4. The summed E-state index contributed by atoms with van der Waals surface area (Å²) < 4.78 is 4.87. The SMILES string of the molecule is Cc1cc(C)c2c(c1)C(C)(O)OC2=O. The van der Waals surface area contributed by atoms with Crippen LogP contribution in [0.25, 0.3) is 0 Å². The first-order chi connectivity index (χ1) is 6.42. The molecule has 1 atom stereocenters. The molecule has 3 nitrogen and oxygen atoms in total. The minimum Gasteiger partial charge on any atom is -0.425 e. The Morgan fingerprint density at radius 1 is 1.36 bits per heavy atom. The van der Waals surface area contributed by atoms with Crippen molar-refractivity contribution >= 4 is 5.97 Å². The summed E-state index contributed by atoms with van der Waals surface area (Å²) in [5.74, 6) is -1.91. The number of rotatable bonds is 0. The van der Waals surface area contributed by atoms with Crippen LogP contribution < -0.4 is 0 Å². The van der Waals surface area contributed by atoms with Crippen molar-refractivity contribution in [1.29, 1.82) is 0 Å². The van der Waals surface area contributed by atoms with Gasteiger partial charge in [0.2, 0.25) is 5.79 Å². The number of hydrogen-bond donors (Lipinski definition) is 1. The Morgan fingerprint density at radius 3 is 2.64 bits per heavy atom. The zero-order valence-electron chi connectivity index (χ0n) is 8.42. The van der Waals surface area contributed by atoms with Crippen LogP contribution in [0.5, 0.6) is 0 Å². The molecule has 0 radical (unpaired) electrons. The summed E-state index contributed by atoms with van der Waals surface area (Å²) in [6.07, 6.45) is 0. The standard InChI is InChI=1S/C11H12O3/c1-6-4-7(2)9-8(5-6)11(3,13)14-10(9)12/h4-5,13H,1-3H3. The van der Waals surface area contributed by atoms with Crippen LogP contribution in [0.2, 0.25) is 0 Å². The fourth-order valence-electron chi connectivity index (χ4n) is 1.89. The van der Waals surface area contributed by atoms with Crippen LogP contribution in [0, 0.1) is 13.8 Å². The van der Waals surface area contributed by atoms with Gasteiger partial charge in [0, 0.05) is 12.5 Å². The molecule has 0 amide bonds. The van der Waals surface area contributed by atoms with Crippen LogP contribution >= 0.6 is 0 Å². The molecule has 14 heavy (non-hydrogen) atoms. The van der Waals surface area contributed by atoms with Gasteiger partial charge in [0.25, 0.3) is 0 Å². The van der Waals surface area contributed by atoms with Crippen molar-refractivity contribution in [2.24, 2.45) is 0 Å². The number of aliphatic hydroxyl groups is 1. The van der Waals surface area contributed by atoms with Crippen molar-refractivity contribution in [2.75, 3.05) is 0 Å². The molecule has 3 heteroatoms. The van der Waals surface area contributed by atoms with Gasteiger partial charge in [0.05, 0.1) is 5.56 Å². The highest BCUT2D eigenvalue weighted by Crippen LogP contribution is 2.36. The average molecular weight is 192 g/mol. The maximum atomic E-state index is 11.4. The molecule has 0 spiro atoms. The molecule has 1 aromatic rings. The molecular formula is C11H12O3. The number of carbonyl (C=O) groups excluding carboxylic acids is 1.